The minimum Gasteiger partial charge on any atom is -0.251 e. The molecule has 58 valence electrons. The Balaban J connectivity index is 4.31. The van der Waals surface area contributed by atoms with Gasteiger partial charge in [-0.15, -0.1) is 0 Å². The molecule has 0 unspecified atom stereocenters. The molecule has 0 fully saturated rings. The van der Waals surface area contributed by atoms with E-state index in [9.17, 15) is 0 Å². The Morgan fingerprint density at radius 1 is 1.60 bits per heavy atom. The topological polar surface area (TPSA) is 29.5 Å². The van der Waals surface area contributed by atoms with Gasteiger partial charge in [-0.1, -0.05) is 18.7 Å². The predicted octanol–water partition coefficient (Wildman–Crippen LogP) is 2.39. The van der Waals surface area contributed by atoms with Crippen molar-refractivity contribution >= 4 is 0 Å². The van der Waals surface area contributed by atoms with Crippen molar-refractivity contribution in [3.63, 3.8) is 0 Å². The third kappa shape index (κ3) is 2.33. The van der Waals surface area contributed by atoms with Crippen LogP contribution in [0.25, 0.3) is 0 Å². The van der Waals surface area contributed by atoms with Crippen molar-refractivity contribution in [3.05, 3.63) is 24.3 Å². The van der Waals surface area contributed by atoms with Crippen LogP contribution < -0.4 is 0 Å². The van der Waals surface area contributed by atoms with Crippen LogP contribution in [-0.2, 0) is 4.89 Å². The molecule has 2 heteroatoms. The first-order valence-corrected chi connectivity index (χ1v) is 3.17. The van der Waals surface area contributed by atoms with Gasteiger partial charge in [0.25, 0.3) is 0 Å². The third-order valence-corrected chi connectivity index (χ3v) is 1.55. The smallest absolute Gasteiger partial charge is 0.119 e. The zero-order valence-corrected chi connectivity index (χ0v) is 6.72. The Morgan fingerprint density at radius 2 is 2.10 bits per heavy atom. The van der Waals surface area contributed by atoms with E-state index in [1.807, 2.05) is 6.92 Å². The molecular weight excluding hydrogens is 128 g/mol. The van der Waals surface area contributed by atoms with Gasteiger partial charge in [-0.2, -0.15) is 0 Å². The van der Waals surface area contributed by atoms with Gasteiger partial charge in [-0.3, -0.25) is 5.26 Å². The molecular formula is C8H14O2. The lowest BCUT2D eigenvalue weighted by Crippen LogP contribution is -2.23. The summed E-state index contributed by atoms with van der Waals surface area (Å²) in [5.41, 5.74) is 0.332. The molecule has 0 rings (SSSR count). The third-order valence-electron chi connectivity index (χ3n) is 1.55. The van der Waals surface area contributed by atoms with Crippen molar-refractivity contribution < 1.29 is 10.1 Å². The van der Waals surface area contributed by atoms with Crippen molar-refractivity contribution in [1.29, 1.82) is 0 Å². The van der Waals surface area contributed by atoms with Crippen molar-refractivity contribution in [2.75, 3.05) is 0 Å². The van der Waals surface area contributed by atoms with E-state index in [0.29, 0.717) is 0 Å². The Hall–Kier alpha value is -0.600. The van der Waals surface area contributed by atoms with Gasteiger partial charge in [0.05, 0.1) is 0 Å². The Kier molecular flexibility index (Phi) is 3.33. The standard InChI is InChI=1S/C8H14O2/c1-5-6-7(2)8(3,4)10-9/h5-6,9H,1H2,2-4H3/b7-6+. The van der Waals surface area contributed by atoms with E-state index in [1.165, 1.54) is 0 Å². The molecule has 0 aromatic carbocycles. The molecule has 0 aliphatic carbocycles. The SMILES string of the molecule is C=C/C=C(\C)C(C)(C)OO. The average Bonchev–Trinajstić information content (AvgIpc) is 1.89. The highest BCUT2D eigenvalue weighted by atomic mass is 17.1. The van der Waals surface area contributed by atoms with Crippen molar-refractivity contribution in [2.24, 2.45) is 0 Å². The van der Waals surface area contributed by atoms with Gasteiger partial charge in [0.2, 0.25) is 0 Å². The molecule has 0 saturated heterocycles. The first-order valence-electron chi connectivity index (χ1n) is 3.17. The highest BCUT2D eigenvalue weighted by Gasteiger charge is 2.19. The van der Waals surface area contributed by atoms with Gasteiger partial charge in [-0.05, 0) is 26.3 Å². The molecule has 0 amide bonds. The summed E-state index contributed by atoms with van der Waals surface area (Å²) in [6.07, 6.45) is 3.46. The molecule has 0 radical (unpaired) electrons. The summed E-state index contributed by atoms with van der Waals surface area (Å²) in [7, 11) is 0. The monoisotopic (exact) mass is 142 g/mol. The molecule has 0 atom stereocenters. The van der Waals surface area contributed by atoms with Crippen LogP contribution in [0.1, 0.15) is 20.8 Å². The summed E-state index contributed by atoms with van der Waals surface area (Å²) < 4.78 is 0. The number of allylic oxidation sites excluding steroid dienone is 2. The minimum absolute atomic E-state index is 0.603. The van der Waals surface area contributed by atoms with Crippen LogP contribution in [0.2, 0.25) is 0 Å². The molecule has 0 aromatic rings. The zero-order valence-electron chi connectivity index (χ0n) is 6.72. The summed E-state index contributed by atoms with van der Waals surface area (Å²) in [6, 6.07) is 0. The molecule has 0 bridgehead atoms. The van der Waals surface area contributed by atoms with Gasteiger partial charge in [0.15, 0.2) is 0 Å². The number of hydrogen-bond donors (Lipinski definition) is 1. The molecule has 0 heterocycles. The van der Waals surface area contributed by atoms with Crippen molar-refractivity contribution in [1.82, 2.24) is 0 Å². The van der Waals surface area contributed by atoms with Gasteiger partial charge in [0.1, 0.15) is 5.60 Å². The van der Waals surface area contributed by atoms with E-state index in [2.05, 4.69) is 11.5 Å². The summed E-state index contributed by atoms with van der Waals surface area (Å²) in [5.74, 6) is 0. The quantitative estimate of drug-likeness (QED) is 0.372. The molecule has 0 aromatic heterocycles. The van der Waals surface area contributed by atoms with Gasteiger partial charge in [-0.25, -0.2) is 4.89 Å². The number of hydrogen-bond acceptors (Lipinski definition) is 2. The maximum absolute atomic E-state index is 8.42. The first kappa shape index (κ1) is 9.40. The molecule has 10 heavy (non-hydrogen) atoms. The first-order chi connectivity index (χ1) is 4.54. The normalized spacial score (nSPS) is 13.4. The van der Waals surface area contributed by atoms with E-state index in [4.69, 9.17) is 5.26 Å². The van der Waals surface area contributed by atoms with Crippen molar-refractivity contribution in [2.45, 2.75) is 26.4 Å². The predicted molar refractivity (Wildman–Crippen MR) is 41.7 cm³/mol. The number of rotatable bonds is 3. The summed E-state index contributed by atoms with van der Waals surface area (Å²) >= 11 is 0. The fraction of sp³-hybridized carbons (Fsp3) is 0.500. The van der Waals surface area contributed by atoms with E-state index in [1.54, 1.807) is 26.0 Å². The summed E-state index contributed by atoms with van der Waals surface area (Å²) in [6.45, 7) is 8.97. The van der Waals surface area contributed by atoms with Gasteiger partial charge in [0, 0.05) is 0 Å². The Labute approximate surface area is 61.8 Å². The van der Waals surface area contributed by atoms with Crippen LogP contribution in [0.4, 0.5) is 0 Å². The van der Waals surface area contributed by atoms with Crippen LogP contribution in [-0.4, -0.2) is 10.9 Å². The van der Waals surface area contributed by atoms with E-state index in [-0.39, 0.29) is 0 Å². The maximum Gasteiger partial charge on any atom is 0.119 e. The Morgan fingerprint density at radius 3 is 2.40 bits per heavy atom. The minimum atomic E-state index is -0.603. The van der Waals surface area contributed by atoms with Crippen LogP contribution in [0, 0.1) is 0 Å². The van der Waals surface area contributed by atoms with Crippen LogP contribution >= 0.6 is 0 Å². The summed E-state index contributed by atoms with van der Waals surface area (Å²) in [4.78, 5) is 4.24. The molecule has 0 saturated carbocycles. The van der Waals surface area contributed by atoms with Crippen LogP contribution in [0.3, 0.4) is 0 Å². The van der Waals surface area contributed by atoms with E-state index >= 15 is 0 Å². The van der Waals surface area contributed by atoms with Gasteiger partial charge >= 0.3 is 0 Å². The fourth-order valence-electron chi connectivity index (χ4n) is 0.449. The zero-order chi connectivity index (χ0) is 8.20. The molecule has 0 aliphatic rings. The van der Waals surface area contributed by atoms with Crippen LogP contribution in [0.15, 0.2) is 24.3 Å². The Bertz CT molecular complexity index is 145. The largest absolute Gasteiger partial charge is 0.251 e. The van der Waals surface area contributed by atoms with Gasteiger partial charge < -0.3 is 0 Å². The highest BCUT2D eigenvalue weighted by molar-refractivity contribution is 5.16. The lowest BCUT2D eigenvalue weighted by molar-refractivity contribution is -0.300. The lowest BCUT2D eigenvalue weighted by atomic mass is 10.00. The fourth-order valence-corrected chi connectivity index (χ4v) is 0.449. The average molecular weight is 142 g/mol. The van der Waals surface area contributed by atoms with Crippen molar-refractivity contribution in [3.8, 4) is 0 Å². The van der Waals surface area contributed by atoms with E-state index in [0.717, 1.165) is 5.57 Å². The highest BCUT2D eigenvalue weighted by Crippen LogP contribution is 2.18. The molecule has 0 spiro atoms. The van der Waals surface area contributed by atoms with E-state index < -0.39 is 5.60 Å². The summed E-state index contributed by atoms with van der Waals surface area (Å²) in [5, 5.41) is 8.42. The maximum atomic E-state index is 8.42. The van der Waals surface area contributed by atoms with Crippen LogP contribution in [0.5, 0.6) is 0 Å². The second kappa shape index (κ2) is 3.54. The second-order valence-electron chi connectivity index (χ2n) is 2.69. The lowest BCUT2D eigenvalue weighted by Gasteiger charge is -2.20. The molecule has 0 aliphatic heterocycles. The molecule has 1 N–H and O–H groups in total. The second-order valence-corrected chi connectivity index (χ2v) is 2.69. The molecule has 2 nitrogen and oxygen atoms in total.